The van der Waals surface area contributed by atoms with Crippen molar-refractivity contribution in [3.05, 3.63) is 48.4 Å². The lowest BCUT2D eigenvalue weighted by Gasteiger charge is -2.06. The van der Waals surface area contributed by atoms with Crippen molar-refractivity contribution in [2.45, 2.75) is 11.9 Å². The predicted octanol–water partition coefficient (Wildman–Crippen LogP) is 3.80. The molecule has 0 fully saturated rings. The van der Waals surface area contributed by atoms with E-state index in [9.17, 15) is 0 Å². The molecular formula is C16H13N5OS. The van der Waals surface area contributed by atoms with Gasteiger partial charge in [0.25, 0.3) is 0 Å². The molecule has 2 aromatic heterocycles. The monoisotopic (exact) mass is 323 g/mol. The summed E-state index contributed by atoms with van der Waals surface area (Å²) in [4.78, 5) is 8.76. The Hall–Kier alpha value is -2.85. The van der Waals surface area contributed by atoms with Crippen LogP contribution in [0.5, 0.6) is 0 Å². The topological polar surface area (TPSA) is 87.6 Å². The molecule has 0 aliphatic rings. The summed E-state index contributed by atoms with van der Waals surface area (Å²) in [6, 6.07) is 13.6. The fourth-order valence-electron chi connectivity index (χ4n) is 2.05. The number of hydrogen-bond donors (Lipinski definition) is 1. The minimum atomic E-state index is 0.305. The van der Waals surface area contributed by atoms with E-state index in [1.165, 1.54) is 11.8 Å². The summed E-state index contributed by atoms with van der Waals surface area (Å²) in [7, 11) is 0. The average Bonchev–Trinajstić information content (AvgIpc) is 2.95. The molecule has 2 heterocycles. The molecule has 0 saturated heterocycles. The van der Waals surface area contributed by atoms with Gasteiger partial charge in [0, 0.05) is 11.9 Å². The Morgan fingerprint density at radius 3 is 2.87 bits per heavy atom. The Bertz CT molecular complexity index is 841. The molecule has 3 rings (SSSR count). The second kappa shape index (κ2) is 6.94. The highest BCUT2D eigenvalue weighted by Crippen LogP contribution is 2.32. The molecule has 0 amide bonds. The van der Waals surface area contributed by atoms with Gasteiger partial charge in [-0.25, -0.2) is 9.97 Å². The molecule has 0 unspecified atom stereocenters. The van der Waals surface area contributed by atoms with Crippen LogP contribution in [-0.2, 0) is 0 Å². The van der Waals surface area contributed by atoms with E-state index in [2.05, 4.69) is 26.5 Å². The highest BCUT2D eigenvalue weighted by molar-refractivity contribution is 7.99. The first kappa shape index (κ1) is 15.1. The molecule has 0 aliphatic heterocycles. The van der Waals surface area contributed by atoms with Gasteiger partial charge in [-0.05, 0) is 25.1 Å². The van der Waals surface area contributed by atoms with E-state index in [0.717, 1.165) is 11.3 Å². The smallest absolute Gasteiger partial charge is 0.227 e. The third-order valence-electron chi connectivity index (χ3n) is 3.05. The van der Waals surface area contributed by atoms with Crippen molar-refractivity contribution in [2.75, 3.05) is 11.1 Å². The minimum absolute atomic E-state index is 0.305. The normalized spacial score (nSPS) is 10.3. The highest BCUT2D eigenvalue weighted by atomic mass is 32.2. The summed E-state index contributed by atoms with van der Waals surface area (Å²) in [6.07, 6.45) is 1.68. The number of para-hydroxylation sites is 1. The Labute approximate surface area is 137 Å². The maximum atomic E-state index is 8.74. The standard InChI is InChI=1S/C16H13N5OS/c1-11-14(15(21-22-11)23-10-8-17)13-7-9-18-16(20-13)19-12-5-3-2-4-6-12/h2-7,9H,10H2,1H3,(H,18,19,20). The maximum Gasteiger partial charge on any atom is 0.227 e. The number of benzene rings is 1. The van der Waals surface area contributed by atoms with Crippen LogP contribution < -0.4 is 5.32 Å². The zero-order valence-corrected chi connectivity index (χ0v) is 13.2. The van der Waals surface area contributed by atoms with E-state index in [-0.39, 0.29) is 0 Å². The first-order valence-electron chi connectivity index (χ1n) is 6.89. The second-order valence-electron chi connectivity index (χ2n) is 4.62. The van der Waals surface area contributed by atoms with Crippen LogP contribution in [0.2, 0.25) is 0 Å². The van der Waals surface area contributed by atoms with Gasteiger partial charge >= 0.3 is 0 Å². The molecule has 0 atom stereocenters. The van der Waals surface area contributed by atoms with Gasteiger partial charge in [0.15, 0.2) is 0 Å². The number of nitrogens with zero attached hydrogens (tertiary/aromatic N) is 4. The van der Waals surface area contributed by atoms with Gasteiger partial charge in [0.05, 0.1) is 23.1 Å². The molecule has 114 valence electrons. The first-order chi connectivity index (χ1) is 11.3. The number of rotatable bonds is 5. The summed E-state index contributed by atoms with van der Waals surface area (Å²) in [6.45, 7) is 1.82. The van der Waals surface area contributed by atoms with Crippen LogP contribution in [0.1, 0.15) is 5.76 Å². The first-order valence-corrected chi connectivity index (χ1v) is 7.88. The summed E-state index contributed by atoms with van der Waals surface area (Å²) in [5.74, 6) is 1.46. The summed E-state index contributed by atoms with van der Waals surface area (Å²) in [5.41, 5.74) is 2.41. The van der Waals surface area contributed by atoms with Crippen LogP contribution in [0, 0.1) is 18.3 Å². The Morgan fingerprint density at radius 2 is 2.09 bits per heavy atom. The Balaban J connectivity index is 1.91. The predicted molar refractivity (Wildman–Crippen MR) is 88.3 cm³/mol. The molecule has 7 heteroatoms. The second-order valence-corrected chi connectivity index (χ2v) is 5.59. The van der Waals surface area contributed by atoms with E-state index in [4.69, 9.17) is 9.78 Å². The van der Waals surface area contributed by atoms with Crippen LogP contribution in [0.3, 0.4) is 0 Å². The molecule has 0 radical (unpaired) electrons. The van der Waals surface area contributed by atoms with Gasteiger partial charge in [-0.15, -0.1) is 0 Å². The molecule has 0 spiro atoms. The van der Waals surface area contributed by atoms with Crippen molar-refractivity contribution >= 4 is 23.4 Å². The van der Waals surface area contributed by atoms with E-state index < -0.39 is 0 Å². The lowest BCUT2D eigenvalue weighted by Crippen LogP contribution is -1.98. The van der Waals surface area contributed by atoms with E-state index in [0.29, 0.717) is 28.2 Å². The molecule has 0 bridgehead atoms. The van der Waals surface area contributed by atoms with E-state index in [1.807, 2.05) is 37.3 Å². The van der Waals surface area contributed by atoms with E-state index in [1.54, 1.807) is 12.3 Å². The third-order valence-corrected chi connectivity index (χ3v) is 3.87. The molecule has 3 aromatic rings. The van der Waals surface area contributed by atoms with Crippen molar-refractivity contribution < 1.29 is 4.52 Å². The number of aryl methyl sites for hydroxylation is 1. The van der Waals surface area contributed by atoms with Crippen molar-refractivity contribution in [2.24, 2.45) is 0 Å². The largest absolute Gasteiger partial charge is 0.360 e. The lowest BCUT2D eigenvalue weighted by atomic mass is 10.2. The van der Waals surface area contributed by atoms with Crippen molar-refractivity contribution in [1.29, 1.82) is 5.26 Å². The fourth-order valence-corrected chi connectivity index (χ4v) is 2.73. The van der Waals surface area contributed by atoms with Crippen LogP contribution in [0.4, 0.5) is 11.6 Å². The SMILES string of the molecule is Cc1onc(SCC#N)c1-c1ccnc(Nc2ccccc2)n1. The molecular weight excluding hydrogens is 310 g/mol. The quantitative estimate of drug-likeness (QED) is 0.714. The number of thioether (sulfide) groups is 1. The average molecular weight is 323 g/mol. The van der Waals surface area contributed by atoms with Gasteiger partial charge in [0.1, 0.15) is 10.8 Å². The van der Waals surface area contributed by atoms with Crippen molar-refractivity contribution in [3.8, 4) is 17.3 Å². The number of hydrogen-bond acceptors (Lipinski definition) is 7. The maximum absolute atomic E-state index is 8.74. The number of nitrogens with one attached hydrogen (secondary N) is 1. The van der Waals surface area contributed by atoms with E-state index >= 15 is 0 Å². The Kier molecular flexibility index (Phi) is 4.54. The fraction of sp³-hybridized carbons (Fsp3) is 0.125. The van der Waals surface area contributed by atoms with Crippen LogP contribution in [0.25, 0.3) is 11.3 Å². The van der Waals surface area contributed by atoms with Crippen molar-refractivity contribution in [3.63, 3.8) is 0 Å². The molecule has 0 aliphatic carbocycles. The number of anilines is 2. The number of nitriles is 1. The highest BCUT2D eigenvalue weighted by Gasteiger charge is 2.17. The molecule has 23 heavy (non-hydrogen) atoms. The third kappa shape index (κ3) is 3.49. The zero-order valence-electron chi connectivity index (χ0n) is 12.4. The molecule has 0 saturated carbocycles. The Morgan fingerprint density at radius 1 is 1.26 bits per heavy atom. The minimum Gasteiger partial charge on any atom is -0.360 e. The molecule has 6 nitrogen and oxygen atoms in total. The lowest BCUT2D eigenvalue weighted by molar-refractivity contribution is 0.384. The molecule has 1 N–H and O–H groups in total. The zero-order chi connectivity index (χ0) is 16.1. The summed E-state index contributed by atoms with van der Waals surface area (Å²) >= 11 is 1.33. The van der Waals surface area contributed by atoms with Crippen molar-refractivity contribution in [1.82, 2.24) is 15.1 Å². The van der Waals surface area contributed by atoms with Crippen LogP contribution in [0.15, 0.2) is 52.1 Å². The summed E-state index contributed by atoms with van der Waals surface area (Å²) < 4.78 is 5.24. The van der Waals surface area contributed by atoms with Gasteiger partial charge < -0.3 is 9.84 Å². The molecule has 1 aromatic carbocycles. The van der Waals surface area contributed by atoms with Gasteiger partial charge in [-0.3, -0.25) is 0 Å². The van der Waals surface area contributed by atoms with Crippen LogP contribution in [-0.4, -0.2) is 20.9 Å². The number of aromatic nitrogens is 3. The van der Waals surface area contributed by atoms with Gasteiger partial charge in [-0.1, -0.05) is 35.1 Å². The summed E-state index contributed by atoms with van der Waals surface area (Å²) in [5, 5.41) is 16.6. The van der Waals surface area contributed by atoms with Gasteiger partial charge in [0.2, 0.25) is 5.95 Å². The van der Waals surface area contributed by atoms with Gasteiger partial charge in [-0.2, -0.15) is 5.26 Å². The van der Waals surface area contributed by atoms with Crippen LogP contribution >= 0.6 is 11.8 Å².